The predicted molar refractivity (Wildman–Crippen MR) is 138 cm³/mol. The highest BCUT2D eigenvalue weighted by molar-refractivity contribution is 5.98. The topological polar surface area (TPSA) is 86.9 Å². The van der Waals surface area contributed by atoms with Crippen molar-refractivity contribution in [2.24, 2.45) is 5.73 Å². The van der Waals surface area contributed by atoms with Gasteiger partial charge in [0.25, 0.3) is 0 Å². The second-order valence-corrected chi connectivity index (χ2v) is 13.2. The number of carbonyl (C=O) groups is 2. The molecule has 0 aliphatic carbocycles. The molecule has 1 amide bonds. The Balaban J connectivity index is 2.31. The van der Waals surface area contributed by atoms with E-state index < -0.39 is 11.9 Å². The van der Waals surface area contributed by atoms with E-state index in [0.29, 0.717) is 11.1 Å². The molecule has 0 bridgehead atoms. The zero-order valence-corrected chi connectivity index (χ0v) is 22.9. The summed E-state index contributed by atoms with van der Waals surface area (Å²) in [7, 11) is 4.30. The number of hydrogen-bond donors (Lipinski definition) is 2. The van der Waals surface area contributed by atoms with E-state index in [1.54, 1.807) is 12.1 Å². The number of carboxylic acid groups (broad SMARTS) is 1. The molecule has 2 saturated heterocycles. The van der Waals surface area contributed by atoms with Crippen molar-refractivity contribution in [1.29, 1.82) is 0 Å². The summed E-state index contributed by atoms with van der Waals surface area (Å²) in [4.78, 5) is 30.1. The molecule has 2 aliphatic rings. The van der Waals surface area contributed by atoms with Crippen LogP contribution in [0.5, 0.6) is 0 Å². The van der Waals surface area contributed by atoms with Crippen LogP contribution in [0.25, 0.3) is 0 Å². The van der Waals surface area contributed by atoms with E-state index in [2.05, 4.69) is 79.3 Å². The summed E-state index contributed by atoms with van der Waals surface area (Å²) < 4.78 is 0. The standard InChI is InChI=1S/C28H45N3O3/c1-25(2)13-17(14-26(3,4)30(25)9)21-19(23(29)32)11-12-20(24(33)34)22(21)18-15-27(5,6)31(10)28(7,8)16-18/h11-12,17-18H,13-16H2,1-10H3,(H2,29,32)(H,33,34). The second-order valence-electron chi connectivity index (χ2n) is 13.2. The van der Waals surface area contributed by atoms with Crippen molar-refractivity contribution >= 4 is 11.9 Å². The number of amides is 1. The number of aromatic carboxylic acids is 1. The van der Waals surface area contributed by atoms with Crippen molar-refractivity contribution in [1.82, 2.24) is 9.80 Å². The largest absolute Gasteiger partial charge is 0.478 e. The lowest BCUT2D eigenvalue weighted by Gasteiger charge is -2.56. The van der Waals surface area contributed by atoms with Gasteiger partial charge < -0.3 is 10.8 Å². The summed E-state index contributed by atoms with van der Waals surface area (Å²) >= 11 is 0. The molecule has 0 atom stereocenters. The molecule has 34 heavy (non-hydrogen) atoms. The molecule has 6 nitrogen and oxygen atoms in total. The summed E-state index contributed by atoms with van der Waals surface area (Å²) in [6.07, 6.45) is 3.31. The number of benzene rings is 1. The van der Waals surface area contributed by atoms with Crippen LogP contribution in [0.3, 0.4) is 0 Å². The molecule has 3 rings (SSSR count). The van der Waals surface area contributed by atoms with Crippen LogP contribution in [-0.4, -0.2) is 63.0 Å². The third-order valence-corrected chi connectivity index (χ3v) is 9.22. The Morgan fingerprint density at radius 3 is 1.32 bits per heavy atom. The van der Waals surface area contributed by atoms with Crippen molar-refractivity contribution in [2.75, 3.05) is 14.1 Å². The first kappa shape index (κ1) is 26.7. The molecule has 3 N–H and O–H groups in total. The number of carboxylic acids is 1. The average molecular weight is 472 g/mol. The molecule has 0 unspecified atom stereocenters. The lowest BCUT2D eigenvalue weighted by molar-refractivity contribution is -0.0174. The molecule has 2 aliphatic heterocycles. The van der Waals surface area contributed by atoms with Gasteiger partial charge in [-0.15, -0.1) is 0 Å². The number of carbonyl (C=O) groups excluding carboxylic acids is 1. The molecular weight excluding hydrogens is 426 g/mol. The van der Waals surface area contributed by atoms with E-state index in [0.717, 1.165) is 36.8 Å². The first-order chi connectivity index (χ1) is 15.3. The first-order valence-corrected chi connectivity index (χ1v) is 12.5. The molecule has 0 aromatic heterocycles. The molecule has 0 spiro atoms. The lowest BCUT2D eigenvalue weighted by atomic mass is 9.65. The van der Waals surface area contributed by atoms with Gasteiger partial charge in [-0.2, -0.15) is 0 Å². The van der Waals surface area contributed by atoms with E-state index >= 15 is 0 Å². The molecule has 2 fully saturated rings. The summed E-state index contributed by atoms with van der Waals surface area (Å²) in [5, 5.41) is 10.3. The molecule has 0 saturated carbocycles. The minimum Gasteiger partial charge on any atom is -0.478 e. The van der Waals surface area contributed by atoms with Crippen LogP contribution < -0.4 is 5.73 Å². The van der Waals surface area contributed by atoms with Gasteiger partial charge in [-0.3, -0.25) is 14.6 Å². The van der Waals surface area contributed by atoms with Gasteiger partial charge in [0.15, 0.2) is 0 Å². The molecule has 6 heteroatoms. The summed E-state index contributed by atoms with van der Waals surface area (Å²) in [6, 6.07) is 3.25. The third kappa shape index (κ3) is 4.51. The Bertz CT molecular complexity index is 878. The van der Waals surface area contributed by atoms with Gasteiger partial charge in [0.1, 0.15) is 0 Å². The van der Waals surface area contributed by atoms with Gasteiger partial charge in [0.2, 0.25) is 5.91 Å². The molecule has 2 heterocycles. The highest BCUT2D eigenvalue weighted by Crippen LogP contribution is 2.51. The Hall–Kier alpha value is -1.92. The number of nitrogens with two attached hydrogens (primary N) is 1. The second kappa shape index (κ2) is 8.34. The van der Waals surface area contributed by atoms with Crippen molar-refractivity contribution in [3.05, 3.63) is 34.4 Å². The van der Waals surface area contributed by atoms with Gasteiger partial charge in [0, 0.05) is 27.7 Å². The van der Waals surface area contributed by atoms with E-state index in [1.807, 2.05) is 0 Å². The summed E-state index contributed by atoms with van der Waals surface area (Å²) in [5.74, 6) is -1.35. The quantitative estimate of drug-likeness (QED) is 0.629. The zero-order valence-electron chi connectivity index (χ0n) is 22.9. The first-order valence-electron chi connectivity index (χ1n) is 12.5. The van der Waals surface area contributed by atoms with Crippen LogP contribution in [-0.2, 0) is 0 Å². The Morgan fingerprint density at radius 1 is 0.735 bits per heavy atom. The minimum atomic E-state index is -0.937. The molecule has 1 aromatic rings. The van der Waals surface area contributed by atoms with E-state index in [1.165, 1.54) is 0 Å². The maximum absolute atomic E-state index is 12.7. The van der Waals surface area contributed by atoms with Crippen LogP contribution in [0, 0.1) is 0 Å². The molecule has 1 aromatic carbocycles. The fourth-order valence-electron chi connectivity index (χ4n) is 7.07. The fraction of sp³-hybridized carbons (Fsp3) is 0.714. The minimum absolute atomic E-state index is 0.0208. The molecule has 0 radical (unpaired) electrons. The Kier molecular flexibility index (Phi) is 6.54. The SMILES string of the molecule is CN1C(C)(C)CC(c2c(C(N)=O)ccc(C(=O)O)c2C2CC(C)(C)N(C)C(C)(C)C2)CC1(C)C. The molecule has 190 valence electrons. The normalized spacial score (nSPS) is 25.2. The van der Waals surface area contributed by atoms with Gasteiger partial charge >= 0.3 is 5.97 Å². The Morgan fingerprint density at radius 2 is 1.03 bits per heavy atom. The maximum Gasteiger partial charge on any atom is 0.335 e. The van der Waals surface area contributed by atoms with Gasteiger partial charge in [-0.1, -0.05) is 0 Å². The number of rotatable bonds is 4. The zero-order chi connectivity index (χ0) is 26.0. The molecular formula is C28H45N3O3. The van der Waals surface area contributed by atoms with Crippen molar-refractivity contribution in [3.8, 4) is 0 Å². The van der Waals surface area contributed by atoms with Crippen LogP contribution in [0.15, 0.2) is 12.1 Å². The summed E-state index contributed by atoms with van der Waals surface area (Å²) in [6.45, 7) is 17.8. The number of nitrogens with zero attached hydrogens (tertiary/aromatic N) is 2. The maximum atomic E-state index is 12.7. The highest BCUT2D eigenvalue weighted by atomic mass is 16.4. The van der Waals surface area contributed by atoms with Crippen LogP contribution in [0.2, 0.25) is 0 Å². The van der Waals surface area contributed by atoms with Crippen LogP contribution in [0.4, 0.5) is 0 Å². The van der Waals surface area contributed by atoms with E-state index in [-0.39, 0.29) is 34.0 Å². The van der Waals surface area contributed by atoms with Gasteiger partial charge in [-0.25, -0.2) is 4.79 Å². The van der Waals surface area contributed by atoms with E-state index in [9.17, 15) is 14.7 Å². The average Bonchev–Trinajstić information content (AvgIpc) is 2.67. The van der Waals surface area contributed by atoms with Crippen molar-refractivity contribution in [3.63, 3.8) is 0 Å². The predicted octanol–water partition coefficient (Wildman–Crippen LogP) is 5.22. The number of likely N-dealkylation sites (tertiary alicyclic amines) is 2. The van der Waals surface area contributed by atoms with Crippen LogP contribution >= 0.6 is 0 Å². The van der Waals surface area contributed by atoms with Crippen molar-refractivity contribution < 1.29 is 14.7 Å². The third-order valence-electron chi connectivity index (χ3n) is 9.22. The number of piperidine rings is 2. The fourth-order valence-corrected chi connectivity index (χ4v) is 7.07. The highest BCUT2D eigenvalue weighted by Gasteiger charge is 2.48. The lowest BCUT2D eigenvalue weighted by Crippen LogP contribution is -2.59. The van der Waals surface area contributed by atoms with Gasteiger partial charge in [-0.05, 0) is 130 Å². The van der Waals surface area contributed by atoms with Gasteiger partial charge in [0.05, 0.1) is 5.56 Å². The summed E-state index contributed by atoms with van der Waals surface area (Å²) in [5.41, 5.74) is 7.99. The number of hydrogen-bond acceptors (Lipinski definition) is 4. The monoisotopic (exact) mass is 471 g/mol. The van der Waals surface area contributed by atoms with E-state index in [4.69, 9.17) is 5.73 Å². The Labute approximate surface area is 205 Å². The smallest absolute Gasteiger partial charge is 0.335 e. The number of primary amides is 1. The van der Waals surface area contributed by atoms with Crippen molar-refractivity contribution in [2.45, 2.75) is 115 Å². The van der Waals surface area contributed by atoms with Crippen LogP contribution in [0.1, 0.15) is 125 Å².